The Morgan fingerprint density at radius 2 is 1.80 bits per heavy atom. The van der Waals surface area contributed by atoms with E-state index in [1.807, 2.05) is 24.3 Å². The van der Waals surface area contributed by atoms with Crippen LogP contribution in [0.1, 0.15) is 31.9 Å². The van der Waals surface area contributed by atoms with Crippen LogP contribution in [0.15, 0.2) is 24.3 Å². The SMILES string of the molecule is CC(C)(CN)CC(N)c1ccc(Cl)cc1. The van der Waals surface area contributed by atoms with Gasteiger partial charge in [-0.1, -0.05) is 37.6 Å². The number of halogens is 1. The molecule has 84 valence electrons. The minimum Gasteiger partial charge on any atom is -0.330 e. The zero-order valence-corrected chi connectivity index (χ0v) is 10.1. The Bertz CT molecular complexity index is 306. The Hall–Kier alpha value is -0.570. The molecule has 0 aliphatic carbocycles. The molecule has 0 saturated heterocycles. The molecule has 15 heavy (non-hydrogen) atoms. The van der Waals surface area contributed by atoms with Crippen molar-refractivity contribution in [1.29, 1.82) is 0 Å². The fraction of sp³-hybridized carbons (Fsp3) is 0.500. The van der Waals surface area contributed by atoms with Gasteiger partial charge in [0.1, 0.15) is 0 Å². The topological polar surface area (TPSA) is 52.0 Å². The van der Waals surface area contributed by atoms with Crippen LogP contribution in [0.5, 0.6) is 0 Å². The highest BCUT2D eigenvalue weighted by molar-refractivity contribution is 6.30. The summed E-state index contributed by atoms with van der Waals surface area (Å²) in [6.07, 6.45) is 0.880. The summed E-state index contributed by atoms with van der Waals surface area (Å²) in [6, 6.07) is 7.71. The van der Waals surface area contributed by atoms with E-state index in [0.717, 1.165) is 17.0 Å². The molecule has 0 saturated carbocycles. The van der Waals surface area contributed by atoms with Gasteiger partial charge in [0.2, 0.25) is 0 Å². The molecule has 0 amide bonds. The Labute approximate surface area is 96.6 Å². The van der Waals surface area contributed by atoms with Gasteiger partial charge in [-0.2, -0.15) is 0 Å². The molecule has 0 aliphatic rings. The van der Waals surface area contributed by atoms with Crippen molar-refractivity contribution in [2.24, 2.45) is 16.9 Å². The standard InChI is InChI=1S/C12H19ClN2/c1-12(2,8-14)7-11(15)9-3-5-10(13)6-4-9/h3-6,11H,7-8,14-15H2,1-2H3. The number of benzene rings is 1. The van der Waals surface area contributed by atoms with Crippen LogP contribution in [-0.4, -0.2) is 6.54 Å². The number of rotatable bonds is 4. The molecule has 0 bridgehead atoms. The normalized spacial score (nSPS) is 13.9. The molecule has 1 aromatic rings. The van der Waals surface area contributed by atoms with Gasteiger partial charge in [0.25, 0.3) is 0 Å². The average Bonchev–Trinajstić information content (AvgIpc) is 2.18. The summed E-state index contributed by atoms with van der Waals surface area (Å²) in [5, 5.41) is 0.740. The highest BCUT2D eigenvalue weighted by Gasteiger charge is 2.20. The van der Waals surface area contributed by atoms with Crippen LogP contribution in [0, 0.1) is 5.41 Å². The zero-order chi connectivity index (χ0) is 11.5. The first kappa shape index (κ1) is 12.5. The van der Waals surface area contributed by atoms with Crippen molar-refractivity contribution in [1.82, 2.24) is 0 Å². The maximum absolute atomic E-state index is 6.11. The molecule has 4 N–H and O–H groups in total. The molecule has 0 aromatic heterocycles. The number of hydrogen-bond donors (Lipinski definition) is 2. The van der Waals surface area contributed by atoms with E-state index >= 15 is 0 Å². The lowest BCUT2D eigenvalue weighted by Gasteiger charge is -2.26. The Morgan fingerprint density at radius 1 is 1.27 bits per heavy atom. The van der Waals surface area contributed by atoms with Crippen LogP contribution >= 0.6 is 11.6 Å². The Morgan fingerprint density at radius 3 is 2.27 bits per heavy atom. The van der Waals surface area contributed by atoms with E-state index in [1.165, 1.54) is 0 Å². The van der Waals surface area contributed by atoms with Gasteiger partial charge >= 0.3 is 0 Å². The molecule has 1 rings (SSSR count). The van der Waals surface area contributed by atoms with Crippen molar-refractivity contribution in [3.8, 4) is 0 Å². The van der Waals surface area contributed by atoms with E-state index < -0.39 is 0 Å². The smallest absolute Gasteiger partial charge is 0.0406 e. The van der Waals surface area contributed by atoms with Gasteiger partial charge in [0.05, 0.1) is 0 Å². The van der Waals surface area contributed by atoms with Crippen LogP contribution in [-0.2, 0) is 0 Å². The van der Waals surface area contributed by atoms with Gasteiger partial charge in [-0.25, -0.2) is 0 Å². The van der Waals surface area contributed by atoms with Crippen molar-refractivity contribution in [2.75, 3.05) is 6.54 Å². The van der Waals surface area contributed by atoms with Crippen LogP contribution in [0.4, 0.5) is 0 Å². The maximum Gasteiger partial charge on any atom is 0.0406 e. The molecule has 0 spiro atoms. The van der Waals surface area contributed by atoms with E-state index in [1.54, 1.807) is 0 Å². The van der Waals surface area contributed by atoms with Crippen LogP contribution in [0.3, 0.4) is 0 Å². The van der Waals surface area contributed by atoms with Crippen molar-refractivity contribution < 1.29 is 0 Å². The van der Waals surface area contributed by atoms with Crippen LogP contribution < -0.4 is 11.5 Å². The highest BCUT2D eigenvalue weighted by atomic mass is 35.5. The lowest BCUT2D eigenvalue weighted by atomic mass is 9.84. The van der Waals surface area contributed by atoms with Gasteiger partial charge in [-0.15, -0.1) is 0 Å². The zero-order valence-electron chi connectivity index (χ0n) is 9.33. The van der Waals surface area contributed by atoms with Crippen molar-refractivity contribution in [2.45, 2.75) is 26.3 Å². The maximum atomic E-state index is 6.11. The summed E-state index contributed by atoms with van der Waals surface area (Å²) in [7, 11) is 0. The monoisotopic (exact) mass is 226 g/mol. The van der Waals surface area contributed by atoms with E-state index in [2.05, 4.69) is 13.8 Å². The first-order valence-corrected chi connectivity index (χ1v) is 5.53. The third-order valence-electron chi connectivity index (χ3n) is 2.62. The molecule has 1 atom stereocenters. The van der Waals surface area contributed by atoms with Gasteiger partial charge < -0.3 is 11.5 Å². The Kier molecular flexibility index (Phi) is 4.14. The molecule has 0 fully saturated rings. The second-order valence-electron chi connectivity index (χ2n) is 4.73. The fourth-order valence-corrected chi connectivity index (χ4v) is 1.63. The summed E-state index contributed by atoms with van der Waals surface area (Å²) in [6.45, 7) is 4.90. The minimum absolute atomic E-state index is 0.0285. The summed E-state index contributed by atoms with van der Waals surface area (Å²) in [5.74, 6) is 0. The predicted molar refractivity (Wildman–Crippen MR) is 65.8 cm³/mol. The second kappa shape index (κ2) is 4.97. The second-order valence-corrected chi connectivity index (χ2v) is 5.17. The third kappa shape index (κ3) is 3.82. The molecular formula is C12H19ClN2. The van der Waals surface area contributed by atoms with Gasteiger partial charge in [0, 0.05) is 11.1 Å². The third-order valence-corrected chi connectivity index (χ3v) is 2.88. The molecule has 0 heterocycles. The molecule has 1 aromatic carbocycles. The van der Waals surface area contributed by atoms with Gasteiger partial charge in [0.15, 0.2) is 0 Å². The summed E-state index contributed by atoms with van der Waals surface area (Å²) in [4.78, 5) is 0. The van der Waals surface area contributed by atoms with E-state index in [-0.39, 0.29) is 11.5 Å². The summed E-state index contributed by atoms with van der Waals surface area (Å²) in [5.41, 5.74) is 13.0. The lowest BCUT2D eigenvalue weighted by molar-refractivity contribution is 0.317. The van der Waals surface area contributed by atoms with Crippen molar-refractivity contribution >= 4 is 11.6 Å². The largest absolute Gasteiger partial charge is 0.330 e. The van der Waals surface area contributed by atoms with Crippen molar-refractivity contribution in [3.63, 3.8) is 0 Å². The lowest BCUT2D eigenvalue weighted by Crippen LogP contribution is -2.28. The molecule has 0 aliphatic heterocycles. The average molecular weight is 227 g/mol. The summed E-state index contributed by atoms with van der Waals surface area (Å²) < 4.78 is 0. The highest BCUT2D eigenvalue weighted by Crippen LogP contribution is 2.27. The molecule has 1 unspecified atom stereocenters. The molecule has 2 nitrogen and oxygen atoms in total. The van der Waals surface area contributed by atoms with Gasteiger partial charge in [-0.05, 0) is 36.1 Å². The first-order valence-electron chi connectivity index (χ1n) is 5.16. The molecule has 3 heteroatoms. The Balaban J connectivity index is 2.69. The molecule has 0 radical (unpaired) electrons. The predicted octanol–water partition coefficient (Wildman–Crippen LogP) is 2.71. The van der Waals surface area contributed by atoms with E-state index in [4.69, 9.17) is 23.1 Å². The van der Waals surface area contributed by atoms with E-state index in [9.17, 15) is 0 Å². The van der Waals surface area contributed by atoms with Crippen molar-refractivity contribution in [3.05, 3.63) is 34.9 Å². The number of nitrogens with two attached hydrogens (primary N) is 2. The number of hydrogen-bond acceptors (Lipinski definition) is 2. The summed E-state index contributed by atoms with van der Waals surface area (Å²) >= 11 is 5.82. The molecular weight excluding hydrogens is 208 g/mol. The van der Waals surface area contributed by atoms with Crippen LogP contribution in [0.2, 0.25) is 5.02 Å². The quantitative estimate of drug-likeness (QED) is 0.830. The van der Waals surface area contributed by atoms with E-state index in [0.29, 0.717) is 6.54 Å². The fourth-order valence-electron chi connectivity index (χ4n) is 1.51. The minimum atomic E-state index is 0.0285. The van der Waals surface area contributed by atoms with Gasteiger partial charge in [-0.3, -0.25) is 0 Å². The first-order chi connectivity index (χ1) is 6.94. The van der Waals surface area contributed by atoms with Crippen LogP contribution in [0.25, 0.3) is 0 Å².